The molecule has 0 spiro atoms. The molecule has 0 aliphatic carbocycles. The van der Waals surface area contributed by atoms with E-state index in [1.165, 1.54) is 10.6 Å². The first-order valence-corrected chi connectivity index (χ1v) is 9.21. The predicted octanol–water partition coefficient (Wildman–Crippen LogP) is 4.93. The van der Waals surface area contributed by atoms with Crippen molar-refractivity contribution in [2.45, 2.75) is 52.6 Å². The number of hydrogen-bond acceptors (Lipinski definition) is 1. The average Bonchev–Trinajstić information content (AvgIpc) is 2.44. The zero-order chi connectivity index (χ0) is 16.4. The van der Waals surface area contributed by atoms with Crippen LogP contribution in [0.25, 0.3) is 0 Å². The van der Waals surface area contributed by atoms with Gasteiger partial charge >= 0.3 is 0 Å². The summed E-state index contributed by atoms with van der Waals surface area (Å²) < 4.78 is 2.68. The normalized spacial score (nSPS) is 12.9. The van der Waals surface area contributed by atoms with Gasteiger partial charge in [-0.3, -0.25) is 4.67 Å². The van der Waals surface area contributed by atoms with Crippen molar-refractivity contribution in [1.29, 1.82) is 0 Å². The molecule has 0 aliphatic rings. The highest BCUT2D eigenvalue weighted by Gasteiger charge is 2.38. The van der Waals surface area contributed by atoms with Crippen LogP contribution in [0.1, 0.15) is 41.5 Å². The molecule has 1 nitrogen and oxygen atoms in total. The highest BCUT2D eigenvalue weighted by Crippen LogP contribution is 2.48. The standard InChI is InChI=1S/C20H28NP/c1-19(2,3)21(20(4,5)6)22(17-13-9-7-10-14-17)18-15-11-8-12-16-18/h7-16H,1-6H3. The minimum absolute atomic E-state index is 0.0929. The Labute approximate surface area is 137 Å². The van der Waals surface area contributed by atoms with E-state index < -0.39 is 8.07 Å². The molecule has 2 heteroatoms. The van der Waals surface area contributed by atoms with Gasteiger partial charge in [0.05, 0.1) is 0 Å². The minimum Gasteiger partial charge on any atom is -0.264 e. The molecule has 0 aromatic heterocycles. The van der Waals surface area contributed by atoms with Crippen molar-refractivity contribution >= 4 is 18.7 Å². The van der Waals surface area contributed by atoms with Crippen LogP contribution in [0.4, 0.5) is 0 Å². The highest BCUT2D eigenvalue weighted by atomic mass is 31.1. The highest BCUT2D eigenvalue weighted by molar-refractivity contribution is 7.70. The maximum absolute atomic E-state index is 2.68. The van der Waals surface area contributed by atoms with Gasteiger partial charge < -0.3 is 0 Å². The molecule has 0 radical (unpaired) electrons. The van der Waals surface area contributed by atoms with E-state index >= 15 is 0 Å². The molecule has 118 valence electrons. The van der Waals surface area contributed by atoms with Gasteiger partial charge in [0.2, 0.25) is 0 Å². The van der Waals surface area contributed by atoms with Crippen molar-refractivity contribution in [1.82, 2.24) is 4.67 Å². The van der Waals surface area contributed by atoms with Crippen molar-refractivity contribution in [2.75, 3.05) is 0 Å². The number of nitrogens with zero attached hydrogens (tertiary/aromatic N) is 1. The van der Waals surface area contributed by atoms with Crippen molar-refractivity contribution in [3.8, 4) is 0 Å². The van der Waals surface area contributed by atoms with Gasteiger partial charge in [-0.15, -0.1) is 0 Å². The summed E-state index contributed by atoms with van der Waals surface area (Å²) in [4.78, 5) is 0. The Morgan fingerprint density at radius 3 is 1.18 bits per heavy atom. The zero-order valence-corrected chi connectivity index (χ0v) is 15.6. The summed E-state index contributed by atoms with van der Waals surface area (Å²) in [6.07, 6.45) is 0. The summed E-state index contributed by atoms with van der Waals surface area (Å²) in [5.74, 6) is 0. The summed E-state index contributed by atoms with van der Waals surface area (Å²) in [5.41, 5.74) is 0.186. The molecule has 0 saturated carbocycles. The smallest absolute Gasteiger partial charge is 0.0291 e. The van der Waals surface area contributed by atoms with Crippen LogP contribution in [0.5, 0.6) is 0 Å². The second kappa shape index (κ2) is 6.52. The molecule has 2 aromatic rings. The molecule has 2 aromatic carbocycles. The molecule has 0 bridgehead atoms. The second-order valence-electron chi connectivity index (χ2n) is 7.64. The SMILES string of the molecule is CC(C)(C)N(P(c1ccccc1)c1ccccc1)C(C)(C)C. The van der Waals surface area contributed by atoms with E-state index in [0.29, 0.717) is 0 Å². The van der Waals surface area contributed by atoms with Gasteiger partial charge in [0, 0.05) is 19.2 Å². The van der Waals surface area contributed by atoms with Gasteiger partial charge in [0.15, 0.2) is 0 Å². The second-order valence-corrected chi connectivity index (χ2v) is 9.69. The average molecular weight is 313 g/mol. The molecule has 22 heavy (non-hydrogen) atoms. The molecular weight excluding hydrogens is 285 g/mol. The summed E-state index contributed by atoms with van der Waals surface area (Å²) in [6, 6.07) is 21.9. The summed E-state index contributed by atoms with van der Waals surface area (Å²) >= 11 is 0. The molecule has 0 aliphatic heterocycles. The van der Waals surface area contributed by atoms with E-state index in [0.717, 1.165) is 0 Å². The Balaban J connectivity index is 2.62. The first-order chi connectivity index (χ1) is 10.2. The third-order valence-electron chi connectivity index (χ3n) is 3.47. The van der Waals surface area contributed by atoms with Gasteiger partial charge in [-0.2, -0.15) is 0 Å². The van der Waals surface area contributed by atoms with Crippen LogP contribution in [0.2, 0.25) is 0 Å². The fourth-order valence-corrected chi connectivity index (χ4v) is 5.99. The van der Waals surface area contributed by atoms with Crippen LogP contribution in [-0.4, -0.2) is 15.7 Å². The molecule has 0 N–H and O–H groups in total. The third kappa shape index (κ3) is 3.97. The monoisotopic (exact) mass is 313 g/mol. The Bertz CT molecular complexity index is 525. The van der Waals surface area contributed by atoms with Gasteiger partial charge in [0.1, 0.15) is 0 Å². The Morgan fingerprint density at radius 1 is 0.591 bits per heavy atom. The van der Waals surface area contributed by atoms with Crippen molar-refractivity contribution in [3.63, 3.8) is 0 Å². The Kier molecular flexibility index (Phi) is 5.10. The van der Waals surface area contributed by atoms with E-state index in [9.17, 15) is 0 Å². The quantitative estimate of drug-likeness (QED) is 0.726. The van der Waals surface area contributed by atoms with Gasteiger partial charge in [0.25, 0.3) is 0 Å². The van der Waals surface area contributed by atoms with Crippen molar-refractivity contribution in [2.24, 2.45) is 0 Å². The lowest BCUT2D eigenvalue weighted by Gasteiger charge is -2.50. The minimum atomic E-state index is -0.557. The molecule has 0 atom stereocenters. The maximum Gasteiger partial charge on any atom is 0.0291 e. The van der Waals surface area contributed by atoms with E-state index in [4.69, 9.17) is 0 Å². The summed E-state index contributed by atoms with van der Waals surface area (Å²) in [6.45, 7) is 13.9. The van der Waals surface area contributed by atoms with Crippen molar-refractivity contribution < 1.29 is 0 Å². The number of hydrogen-bond donors (Lipinski definition) is 0. The van der Waals surface area contributed by atoms with Crippen LogP contribution in [-0.2, 0) is 0 Å². The molecule has 2 rings (SSSR count). The lowest BCUT2D eigenvalue weighted by molar-refractivity contribution is 0.150. The van der Waals surface area contributed by atoms with E-state index in [-0.39, 0.29) is 11.1 Å². The fourth-order valence-electron chi connectivity index (χ4n) is 3.12. The predicted molar refractivity (Wildman–Crippen MR) is 100 cm³/mol. The first kappa shape index (κ1) is 17.2. The lowest BCUT2D eigenvalue weighted by Crippen LogP contribution is -2.52. The number of benzene rings is 2. The summed E-state index contributed by atoms with van der Waals surface area (Å²) in [7, 11) is -0.557. The van der Waals surface area contributed by atoms with Gasteiger partial charge in [-0.25, -0.2) is 0 Å². The number of rotatable bonds is 3. The first-order valence-electron chi connectivity index (χ1n) is 7.92. The topological polar surface area (TPSA) is 3.24 Å². The summed E-state index contributed by atoms with van der Waals surface area (Å²) in [5, 5.41) is 2.82. The van der Waals surface area contributed by atoms with Gasteiger partial charge in [-0.05, 0) is 52.2 Å². The van der Waals surface area contributed by atoms with Crippen LogP contribution < -0.4 is 10.6 Å². The van der Waals surface area contributed by atoms with Crippen LogP contribution >= 0.6 is 8.07 Å². The zero-order valence-electron chi connectivity index (χ0n) is 14.7. The molecule has 0 amide bonds. The van der Waals surface area contributed by atoms with Crippen molar-refractivity contribution in [3.05, 3.63) is 60.7 Å². The van der Waals surface area contributed by atoms with Crippen LogP contribution in [0.3, 0.4) is 0 Å². The van der Waals surface area contributed by atoms with E-state index in [1.807, 2.05) is 0 Å². The van der Waals surface area contributed by atoms with E-state index in [1.54, 1.807) is 0 Å². The molecule has 0 saturated heterocycles. The van der Waals surface area contributed by atoms with Crippen LogP contribution in [0, 0.1) is 0 Å². The molecular formula is C20H28NP. The third-order valence-corrected chi connectivity index (χ3v) is 6.65. The Hall–Kier alpha value is -1.17. The molecule has 0 fully saturated rings. The maximum atomic E-state index is 2.68. The largest absolute Gasteiger partial charge is 0.264 e. The molecule has 0 heterocycles. The molecule has 0 unspecified atom stereocenters. The Morgan fingerprint density at radius 2 is 0.909 bits per heavy atom. The lowest BCUT2D eigenvalue weighted by atomic mass is 10.0. The fraction of sp³-hybridized carbons (Fsp3) is 0.400. The van der Waals surface area contributed by atoms with Crippen LogP contribution in [0.15, 0.2) is 60.7 Å². The van der Waals surface area contributed by atoms with Gasteiger partial charge in [-0.1, -0.05) is 60.7 Å². The van der Waals surface area contributed by atoms with E-state index in [2.05, 4.69) is 107 Å².